The zero-order valence-electron chi connectivity index (χ0n) is 8.64. The third-order valence-electron chi connectivity index (χ3n) is 2.58. The minimum absolute atomic E-state index is 0.0781. The van der Waals surface area contributed by atoms with Gasteiger partial charge < -0.3 is 10.3 Å². The van der Waals surface area contributed by atoms with Crippen molar-refractivity contribution in [2.75, 3.05) is 26.2 Å². The van der Waals surface area contributed by atoms with Crippen LogP contribution in [0.25, 0.3) is 0 Å². The maximum atomic E-state index is 12.5. The van der Waals surface area contributed by atoms with E-state index in [-0.39, 0.29) is 12.2 Å². The van der Waals surface area contributed by atoms with Gasteiger partial charge in [0.15, 0.2) is 0 Å². The molecule has 1 saturated heterocycles. The predicted octanol–water partition coefficient (Wildman–Crippen LogP) is 0.834. The van der Waals surface area contributed by atoms with Crippen LogP contribution in [0.3, 0.4) is 0 Å². The van der Waals surface area contributed by atoms with Gasteiger partial charge in [-0.15, -0.1) is 0 Å². The molecule has 16 heavy (non-hydrogen) atoms. The lowest BCUT2D eigenvalue weighted by molar-refractivity contribution is -0.141. The minimum atomic E-state index is -4.35. The SMILES string of the molecule is FC(F)(F)c1[nH]cnc1CN1CCNCC1. The maximum Gasteiger partial charge on any atom is 0.433 e. The number of hydrogen-bond acceptors (Lipinski definition) is 3. The maximum absolute atomic E-state index is 12.5. The summed E-state index contributed by atoms with van der Waals surface area (Å²) >= 11 is 0. The van der Waals surface area contributed by atoms with Crippen LogP contribution >= 0.6 is 0 Å². The standard InChI is InChI=1S/C9H13F3N4/c10-9(11,12)8-7(14-6-15-8)5-16-3-1-13-2-4-16/h6,13H,1-5H2,(H,14,15). The quantitative estimate of drug-likeness (QED) is 0.796. The molecule has 2 heterocycles. The van der Waals surface area contributed by atoms with Crippen molar-refractivity contribution in [2.24, 2.45) is 0 Å². The first-order valence-corrected chi connectivity index (χ1v) is 5.10. The van der Waals surface area contributed by atoms with E-state index in [9.17, 15) is 13.2 Å². The summed E-state index contributed by atoms with van der Waals surface area (Å²) in [7, 11) is 0. The van der Waals surface area contributed by atoms with E-state index in [0.29, 0.717) is 0 Å². The molecule has 0 bridgehead atoms. The number of nitrogens with zero attached hydrogens (tertiary/aromatic N) is 2. The molecule has 0 atom stereocenters. The Morgan fingerprint density at radius 2 is 2.00 bits per heavy atom. The Balaban J connectivity index is 2.06. The molecule has 0 spiro atoms. The molecule has 2 N–H and O–H groups in total. The van der Waals surface area contributed by atoms with Crippen LogP contribution in [0.5, 0.6) is 0 Å². The zero-order valence-corrected chi connectivity index (χ0v) is 8.64. The van der Waals surface area contributed by atoms with E-state index in [1.54, 1.807) is 0 Å². The molecule has 1 aliphatic rings. The third kappa shape index (κ3) is 2.53. The lowest BCUT2D eigenvalue weighted by Gasteiger charge is -2.26. The van der Waals surface area contributed by atoms with Crippen LogP contribution in [-0.2, 0) is 12.7 Å². The smallest absolute Gasteiger partial charge is 0.341 e. The lowest BCUT2D eigenvalue weighted by atomic mass is 10.2. The van der Waals surface area contributed by atoms with Gasteiger partial charge >= 0.3 is 6.18 Å². The molecule has 4 nitrogen and oxygen atoms in total. The van der Waals surface area contributed by atoms with Crippen LogP contribution in [0.2, 0.25) is 0 Å². The molecule has 2 rings (SSSR count). The molecule has 90 valence electrons. The van der Waals surface area contributed by atoms with Crippen molar-refractivity contribution in [3.8, 4) is 0 Å². The Kier molecular flexibility index (Phi) is 3.15. The van der Waals surface area contributed by atoms with Crippen molar-refractivity contribution in [1.29, 1.82) is 0 Å². The Morgan fingerprint density at radius 1 is 1.31 bits per heavy atom. The normalized spacial score (nSPS) is 18.9. The van der Waals surface area contributed by atoms with Gasteiger partial charge in [0.2, 0.25) is 0 Å². The number of nitrogens with one attached hydrogen (secondary N) is 2. The highest BCUT2D eigenvalue weighted by Crippen LogP contribution is 2.30. The van der Waals surface area contributed by atoms with Gasteiger partial charge in [0.05, 0.1) is 12.0 Å². The number of piperazine rings is 1. The molecule has 0 aliphatic carbocycles. The van der Waals surface area contributed by atoms with Crippen LogP contribution in [0.4, 0.5) is 13.2 Å². The van der Waals surface area contributed by atoms with Gasteiger partial charge in [-0.1, -0.05) is 0 Å². The molecule has 0 saturated carbocycles. The van der Waals surface area contributed by atoms with Crippen molar-refractivity contribution in [1.82, 2.24) is 20.2 Å². The number of halogens is 3. The Bertz CT molecular complexity index is 341. The molecule has 1 aromatic rings. The van der Waals surface area contributed by atoms with Gasteiger partial charge in [-0.25, -0.2) is 4.98 Å². The van der Waals surface area contributed by atoms with Crippen molar-refractivity contribution in [2.45, 2.75) is 12.7 Å². The highest BCUT2D eigenvalue weighted by atomic mass is 19.4. The average Bonchev–Trinajstić information content (AvgIpc) is 2.67. The summed E-state index contributed by atoms with van der Waals surface area (Å²) in [6.07, 6.45) is -3.25. The molecule has 0 amide bonds. The van der Waals surface area contributed by atoms with Gasteiger partial charge in [0, 0.05) is 32.7 Å². The van der Waals surface area contributed by atoms with Crippen LogP contribution in [0.1, 0.15) is 11.4 Å². The number of H-pyrrole nitrogens is 1. The Hall–Kier alpha value is -1.08. The second-order valence-electron chi connectivity index (χ2n) is 3.75. The van der Waals surface area contributed by atoms with Crippen LogP contribution in [-0.4, -0.2) is 41.0 Å². The summed E-state index contributed by atoms with van der Waals surface area (Å²) < 4.78 is 37.6. The van der Waals surface area contributed by atoms with E-state index in [1.807, 2.05) is 4.90 Å². The van der Waals surface area contributed by atoms with Crippen LogP contribution in [0, 0.1) is 0 Å². The van der Waals surface area contributed by atoms with Crippen molar-refractivity contribution in [3.05, 3.63) is 17.7 Å². The van der Waals surface area contributed by atoms with E-state index >= 15 is 0 Å². The topological polar surface area (TPSA) is 44.0 Å². The van der Waals surface area contributed by atoms with E-state index in [4.69, 9.17) is 0 Å². The highest BCUT2D eigenvalue weighted by molar-refractivity contribution is 5.14. The molecular formula is C9H13F3N4. The number of imidazole rings is 1. The number of aromatic nitrogens is 2. The Morgan fingerprint density at radius 3 is 2.62 bits per heavy atom. The fourth-order valence-corrected chi connectivity index (χ4v) is 1.77. The summed E-state index contributed by atoms with van der Waals surface area (Å²) in [5.74, 6) is 0. The fraction of sp³-hybridized carbons (Fsp3) is 0.667. The molecule has 7 heteroatoms. The minimum Gasteiger partial charge on any atom is -0.341 e. The first kappa shape index (κ1) is 11.4. The summed E-state index contributed by atoms with van der Waals surface area (Å²) in [5, 5.41) is 3.15. The second kappa shape index (κ2) is 4.42. The molecule has 1 aromatic heterocycles. The summed E-state index contributed by atoms with van der Waals surface area (Å²) in [6.45, 7) is 3.38. The molecule has 0 unspecified atom stereocenters. The largest absolute Gasteiger partial charge is 0.433 e. The van der Waals surface area contributed by atoms with Crippen molar-refractivity contribution in [3.63, 3.8) is 0 Å². The van der Waals surface area contributed by atoms with Gasteiger partial charge in [0.25, 0.3) is 0 Å². The molecule has 1 aliphatic heterocycles. The van der Waals surface area contributed by atoms with E-state index < -0.39 is 11.9 Å². The monoisotopic (exact) mass is 234 g/mol. The number of alkyl halides is 3. The Labute approximate surface area is 90.9 Å². The van der Waals surface area contributed by atoms with Crippen LogP contribution < -0.4 is 5.32 Å². The molecule has 0 radical (unpaired) electrons. The number of rotatable bonds is 2. The van der Waals surface area contributed by atoms with E-state index in [0.717, 1.165) is 32.5 Å². The molecule has 0 aromatic carbocycles. The average molecular weight is 234 g/mol. The highest BCUT2D eigenvalue weighted by Gasteiger charge is 2.36. The summed E-state index contributed by atoms with van der Waals surface area (Å²) in [4.78, 5) is 7.86. The summed E-state index contributed by atoms with van der Waals surface area (Å²) in [6, 6.07) is 0. The first-order chi connectivity index (χ1) is 7.57. The zero-order chi connectivity index (χ0) is 11.6. The van der Waals surface area contributed by atoms with Crippen molar-refractivity contribution < 1.29 is 13.2 Å². The van der Waals surface area contributed by atoms with Gasteiger partial charge in [-0.05, 0) is 0 Å². The van der Waals surface area contributed by atoms with Gasteiger partial charge in [-0.3, -0.25) is 4.90 Å². The number of aromatic amines is 1. The van der Waals surface area contributed by atoms with Gasteiger partial charge in [0.1, 0.15) is 5.69 Å². The van der Waals surface area contributed by atoms with E-state index in [2.05, 4.69) is 15.3 Å². The lowest BCUT2D eigenvalue weighted by Crippen LogP contribution is -2.43. The van der Waals surface area contributed by atoms with Crippen molar-refractivity contribution >= 4 is 0 Å². The molecular weight excluding hydrogens is 221 g/mol. The molecule has 1 fully saturated rings. The second-order valence-corrected chi connectivity index (χ2v) is 3.75. The van der Waals surface area contributed by atoms with Crippen LogP contribution in [0.15, 0.2) is 6.33 Å². The third-order valence-corrected chi connectivity index (χ3v) is 2.58. The van der Waals surface area contributed by atoms with Gasteiger partial charge in [-0.2, -0.15) is 13.2 Å². The first-order valence-electron chi connectivity index (χ1n) is 5.10. The predicted molar refractivity (Wildman–Crippen MR) is 51.7 cm³/mol. The van der Waals surface area contributed by atoms with E-state index in [1.165, 1.54) is 0 Å². The summed E-state index contributed by atoms with van der Waals surface area (Å²) in [5.41, 5.74) is -0.652. The number of hydrogen-bond donors (Lipinski definition) is 2. The fourth-order valence-electron chi connectivity index (χ4n) is 1.77.